The van der Waals surface area contributed by atoms with Crippen LogP contribution < -0.4 is 5.32 Å². The quantitative estimate of drug-likeness (QED) is 0.745. The van der Waals surface area contributed by atoms with E-state index in [-0.39, 0.29) is 12.5 Å². The molecule has 2 rings (SSSR count). The summed E-state index contributed by atoms with van der Waals surface area (Å²) in [7, 11) is 0. The number of fused-ring (bicyclic) bond motifs is 1. The van der Waals surface area contributed by atoms with E-state index in [4.69, 9.17) is 0 Å². The molecule has 1 aromatic heterocycles. The van der Waals surface area contributed by atoms with Gasteiger partial charge in [-0.1, -0.05) is 0 Å². The zero-order chi connectivity index (χ0) is 10.1. The van der Waals surface area contributed by atoms with E-state index in [2.05, 4.69) is 24.3 Å². The van der Waals surface area contributed by atoms with Gasteiger partial charge in [0.15, 0.2) is 0 Å². The number of nitrogens with zero attached hydrogens (tertiary/aromatic N) is 2. The third-order valence-corrected chi connectivity index (χ3v) is 2.85. The van der Waals surface area contributed by atoms with E-state index < -0.39 is 0 Å². The van der Waals surface area contributed by atoms with Gasteiger partial charge < -0.3 is 10.4 Å². The monoisotopic (exact) mass is 195 g/mol. The molecular weight excluding hydrogens is 178 g/mol. The maximum Gasteiger partial charge on any atom is 0.128 e. The van der Waals surface area contributed by atoms with Crippen LogP contribution in [0.25, 0.3) is 0 Å². The summed E-state index contributed by atoms with van der Waals surface area (Å²) < 4.78 is 1.95. The van der Waals surface area contributed by atoms with Gasteiger partial charge in [-0.15, -0.1) is 0 Å². The molecule has 0 spiro atoms. The third kappa shape index (κ3) is 1.39. The molecule has 0 saturated heterocycles. The second-order valence-corrected chi connectivity index (χ2v) is 3.92. The molecule has 4 heteroatoms. The SMILES string of the molecule is CCn1ncc2c1N[C@@H](C)C[C@H]2CO. The van der Waals surface area contributed by atoms with Gasteiger partial charge >= 0.3 is 0 Å². The number of hydrogen-bond donors (Lipinski definition) is 2. The third-order valence-electron chi connectivity index (χ3n) is 2.85. The van der Waals surface area contributed by atoms with Crippen LogP contribution in [0.3, 0.4) is 0 Å². The van der Waals surface area contributed by atoms with Crippen molar-refractivity contribution in [2.75, 3.05) is 11.9 Å². The van der Waals surface area contributed by atoms with Gasteiger partial charge in [0.05, 0.1) is 12.8 Å². The standard InChI is InChI=1S/C10H17N3O/c1-3-13-10-9(5-11-13)8(6-14)4-7(2)12-10/h5,7-8,12,14H,3-4,6H2,1-2H3/t7-,8-/m0/s1. The molecule has 78 valence electrons. The highest BCUT2D eigenvalue weighted by Gasteiger charge is 2.26. The van der Waals surface area contributed by atoms with Crippen molar-refractivity contribution in [1.82, 2.24) is 9.78 Å². The topological polar surface area (TPSA) is 50.1 Å². The normalized spacial score (nSPS) is 25.6. The zero-order valence-electron chi connectivity index (χ0n) is 8.70. The largest absolute Gasteiger partial charge is 0.396 e. The summed E-state index contributed by atoms with van der Waals surface area (Å²) in [5.74, 6) is 1.34. The van der Waals surface area contributed by atoms with E-state index in [9.17, 15) is 5.11 Å². The van der Waals surface area contributed by atoms with Crippen molar-refractivity contribution in [3.8, 4) is 0 Å². The maximum absolute atomic E-state index is 9.27. The molecule has 0 fully saturated rings. The molecule has 2 heterocycles. The molecule has 0 aliphatic carbocycles. The predicted octanol–water partition coefficient (Wildman–Crippen LogP) is 1.18. The highest BCUT2D eigenvalue weighted by molar-refractivity contribution is 5.49. The Balaban J connectivity index is 2.37. The molecule has 0 saturated carbocycles. The van der Waals surface area contributed by atoms with E-state index in [0.717, 1.165) is 24.3 Å². The zero-order valence-corrected chi connectivity index (χ0v) is 8.70. The van der Waals surface area contributed by atoms with E-state index in [1.54, 1.807) is 0 Å². The highest BCUT2D eigenvalue weighted by Crippen LogP contribution is 2.33. The Kier molecular flexibility index (Phi) is 2.46. The number of aromatic nitrogens is 2. The second-order valence-electron chi connectivity index (χ2n) is 3.92. The lowest BCUT2D eigenvalue weighted by Gasteiger charge is -2.28. The van der Waals surface area contributed by atoms with E-state index >= 15 is 0 Å². The lowest BCUT2D eigenvalue weighted by molar-refractivity contribution is 0.253. The van der Waals surface area contributed by atoms with Crippen molar-refractivity contribution >= 4 is 5.82 Å². The number of nitrogens with one attached hydrogen (secondary N) is 1. The van der Waals surface area contributed by atoms with Crippen molar-refractivity contribution in [3.63, 3.8) is 0 Å². The number of hydrogen-bond acceptors (Lipinski definition) is 3. The Bertz CT molecular complexity index is 321. The lowest BCUT2D eigenvalue weighted by Crippen LogP contribution is -2.27. The molecular formula is C10H17N3O. The summed E-state index contributed by atoms with van der Waals surface area (Å²) in [6.45, 7) is 5.29. The van der Waals surface area contributed by atoms with Gasteiger partial charge in [-0.2, -0.15) is 5.10 Å². The average Bonchev–Trinajstić information content (AvgIpc) is 2.59. The summed E-state index contributed by atoms with van der Waals surface area (Å²) in [5.41, 5.74) is 1.16. The van der Waals surface area contributed by atoms with Crippen molar-refractivity contribution < 1.29 is 5.11 Å². The molecule has 0 radical (unpaired) electrons. The van der Waals surface area contributed by atoms with Crippen LogP contribution in [0.2, 0.25) is 0 Å². The van der Waals surface area contributed by atoms with Crippen molar-refractivity contribution in [3.05, 3.63) is 11.8 Å². The van der Waals surface area contributed by atoms with Crippen molar-refractivity contribution in [2.24, 2.45) is 0 Å². The van der Waals surface area contributed by atoms with E-state index in [0.29, 0.717) is 6.04 Å². The number of anilines is 1. The Hall–Kier alpha value is -1.03. The van der Waals surface area contributed by atoms with E-state index in [1.165, 1.54) is 0 Å². The average molecular weight is 195 g/mol. The fraction of sp³-hybridized carbons (Fsp3) is 0.700. The Morgan fingerprint density at radius 1 is 1.71 bits per heavy atom. The first-order chi connectivity index (χ1) is 6.76. The van der Waals surface area contributed by atoms with Crippen LogP contribution in [0.1, 0.15) is 31.7 Å². The summed E-state index contributed by atoms with van der Waals surface area (Å²) in [6, 6.07) is 0.418. The summed E-state index contributed by atoms with van der Waals surface area (Å²) in [5, 5.41) is 17.0. The van der Waals surface area contributed by atoms with Crippen molar-refractivity contribution in [1.29, 1.82) is 0 Å². The van der Waals surface area contributed by atoms with Gasteiger partial charge in [0.2, 0.25) is 0 Å². The van der Waals surface area contributed by atoms with Crippen LogP contribution in [0.5, 0.6) is 0 Å². The molecule has 0 unspecified atom stereocenters. The molecule has 14 heavy (non-hydrogen) atoms. The molecule has 4 nitrogen and oxygen atoms in total. The van der Waals surface area contributed by atoms with E-state index in [1.807, 2.05) is 10.9 Å². The van der Waals surface area contributed by atoms with Gasteiger partial charge in [-0.3, -0.25) is 0 Å². The molecule has 2 atom stereocenters. The Labute approximate surface area is 83.9 Å². The lowest BCUT2D eigenvalue weighted by atomic mass is 9.91. The van der Waals surface area contributed by atoms with Crippen LogP contribution in [-0.2, 0) is 6.54 Å². The first-order valence-corrected chi connectivity index (χ1v) is 5.19. The smallest absolute Gasteiger partial charge is 0.128 e. The van der Waals surface area contributed by atoms with Gasteiger partial charge in [0.1, 0.15) is 5.82 Å². The number of aliphatic hydroxyl groups is 1. The van der Waals surface area contributed by atoms with Crippen LogP contribution in [0, 0.1) is 0 Å². The molecule has 0 aromatic carbocycles. The minimum atomic E-state index is 0.217. The number of rotatable bonds is 2. The van der Waals surface area contributed by atoms with Crippen LogP contribution in [-0.4, -0.2) is 27.5 Å². The maximum atomic E-state index is 9.27. The second kappa shape index (κ2) is 3.61. The number of aliphatic hydroxyl groups excluding tert-OH is 1. The van der Waals surface area contributed by atoms with Crippen LogP contribution >= 0.6 is 0 Å². The molecule has 1 aromatic rings. The fourth-order valence-corrected chi connectivity index (χ4v) is 2.12. The molecule has 1 aliphatic rings. The van der Waals surface area contributed by atoms with Gasteiger partial charge in [-0.05, 0) is 20.3 Å². The molecule has 1 aliphatic heterocycles. The van der Waals surface area contributed by atoms with Gasteiger partial charge in [-0.25, -0.2) is 4.68 Å². The number of aryl methyl sites for hydroxylation is 1. The Morgan fingerprint density at radius 2 is 2.50 bits per heavy atom. The summed E-state index contributed by atoms with van der Waals surface area (Å²) in [6.07, 6.45) is 2.86. The fourth-order valence-electron chi connectivity index (χ4n) is 2.12. The first-order valence-electron chi connectivity index (χ1n) is 5.19. The molecule has 2 N–H and O–H groups in total. The summed E-state index contributed by atoms with van der Waals surface area (Å²) in [4.78, 5) is 0. The van der Waals surface area contributed by atoms with Crippen molar-refractivity contribution in [2.45, 2.75) is 38.8 Å². The van der Waals surface area contributed by atoms with Gasteiger partial charge in [0, 0.05) is 24.1 Å². The Morgan fingerprint density at radius 3 is 3.14 bits per heavy atom. The minimum absolute atomic E-state index is 0.217. The predicted molar refractivity (Wildman–Crippen MR) is 55.4 cm³/mol. The first kappa shape index (κ1) is 9.52. The van der Waals surface area contributed by atoms with Crippen LogP contribution in [0.4, 0.5) is 5.82 Å². The highest BCUT2D eigenvalue weighted by atomic mass is 16.3. The summed E-state index contributed by atoms with van der Waals surface area (Å²) >= 11 is 0. The minimum Gasteiger partial charge on any atom is -0.396 e. The van der Waals surface area contributed by atoms with Crippen LogP contribution in [0.15, 0.2) is 6.20 Å². The molecule has 0 bridgehead atoms. The van der Waals surface area contributed by atoms with Gasteiger partial charge in [0.25, 0.3) is 0 Å². The molecule has 0 amide bonds.